The molecule has 18 heavy (non-hydrogen) atoms. The van der Waals surface area contributed by atoms with E-state index in [0.717, 1.165) is 17.7 Å². The lowest BCUT2D eigenvalue weighted by atomic mass is 10.1. The largest absolute Gasteiger partial charge is 0.480 e. The van der Waals surface area contributed by atoms with Gasteiger partial charge in [0.25, 0.3) is 0 Å². The number of urea groups is 1. The van der Waals surface area contributed by atoms with Crippen molar-refractivity contribution >= 4 is 23.3 Å². The summed E-state index contributed by atoms with van der Waals surface area (Å²) in [5.74, 6) is -1.05. The maximum Gasteiger partial charge on any atom is 0.325 e. The molecular weight excluding hydrogens is 252 g/mol. The van der Waals surface area contributed by atoms with Gasteiger partial charge in [0.15, 0.2) is 0 Å². The molecular formula is C12H18N2O3S. The molecule has 0 saturated heterocycles. The monoisotopic (exact) mass is 270 g/mol. The van der Waals surface area contributed by atoms with Crippen molar-refractivity contribution in [3.05, 3.63) is 22.4 Å². The number of rotatable bonds is 6. The Kier molecular flexibility index (Phi) is 5.64. The third-order valence-electron chi connectivity index (χ3n) is 2.49. The first kappa shape index (κ1) is 14.5. The molecule has 0 radical (unpaired) electrons. The van der Waals surface area contributed by atoms with Crippen LogP contribution >= 0.6 is 11.3 Å². The second kappa shape index (κ2) is 7.00. The smallest absolute Gasteiger partial charge is 0.325 e. The molecule has 0 aliphatic heterocycles. The number of carboxylic acids is 1. The van der Waals surface area contributed by atoms with Gasteiger partial charge in [-0.2, -0.15) is 0 Å². The summed E-state index contributed by atoms with van der Waals surface area (Å²) >= 11 is 1.58. The molecule has 2 amide bonds. The number of carbonyl (C=O) groups is 2. The number of carboxylic acid groups (broad SMARTS) is 1. The molecule has 1 aromatic rings. The number of hydrogen-bond acceptors (Lipinski definition) is 3. The van der Waals surface area contributed by atoms with E-state index in [0.29, 0.717) is 0 Å². The maximum absolute atomic E-state index is 11.7. The van der Waals surface area contributed by atoms with Crippen LogP contribution in [0.2, 0.25) is 0 Å². The van der Waals surface area contributed by atoms with Gasteiger partial charge in [-0.05, 0) is 24.8 Å². The van der Waals surface area contributed by atoms with Gasteiger partial charge in [0.05, 0.1) is 6.04 Å². The highest BCUT2D eigenvalue weighted by atomic mass is 32.1. The molecule has 0 aromatic carbocycles. The van der Waals surface area contributed by atoms with Gasteiger partial charge in [-0.25, -0.2) is 4.79 Å². The zero-order valence-corrected chi connectivity index (χ0v) is 11.3. The lowest BCUT2D eigenvalue weighted by molar-refractivity contribution is -0.138. The molecule has 1 unspecified atom stereocenters. The van der Waals surface area contributed by atoms with E-state index in [2.05, 4.69) is 10.6 Å². The first-order valence-corrected chi connectivity index (χ1v) is 6.75. The van der Waals surface area contributed by atoms with Crippen LogP contribution in [0.4, 0.5) is 4.79 Å². The summed E-state index contributed by atoms with van der Waals surface area (Å²) in [4.78, 5) is 23.4. The molecule has 0 fully saturated rings. The standard InChI is InChI=1S/C12H18N2O3S/c1-3-5-9(10-6-4-7-18-10)14-12(17)13-8(2)11(15)16/h4,6-9H,3,5H2,1-2H3,(H,15,16)(H2,13,14,17)/t8-,9?/m1/s1. The maximum atomic E-state index is 11.7. The van der Waals surface area contributed by atoms with Gasteiger partial charge in [0.2, 0.25) is 0 Å². The molecule has 6 heteroatoms. The van der Waals surface area contributed by atoms with Crippen LogP contribution in [0.3, 0.4) is 0 Å². The molecule has 3 N–H and O–H groups in total. The minimum Gasteiger partial charge on any atom is -0.480 e. The summed E-state index contributed by atoms with van der Waals surface area (Å²) < 4.78 is 0. The van der Waals surface area contributed by atoms with Crippen molar-refractivity contribution in [2.24, 2.45) is 0 Å². The summed E-state index contributed by atoms with van der Waals surface area (Å²) in [6.45, 7) is 3.47. The van der Waals surface area contributed by atoms with Crippen molar-refractivity contribution in [3.63, 3.8) is 0 Å². The van der Waals surface area contributed by atoms with Crippen LogP contribution in [0.15, 0.2) is 17.5 Å². The molecule has 5 nitrogen and oxygen atoms in total. The van der Waals surface area contributed by atoms with Crippen LogP contribution in [0.25, 0.3) is 0 Å². The van der Waals surface area contributed by atoms with Gasteiger partial charge < -0.3 is 15.7 Å². The minimum absolute atomic E-state index is 0.0593. The fourth-order valence-corrected chi connectivity index (χ4v) is 2.33. The van der Waals surface area contributed by atoms with E-state index in [-0.39, 0.29) is 6.04 Å². The second-order valence-corrected chi connectivity index (χ2v) is 5.01. The summed E-state index contributed by atoms with van der Waals surface area (Å²) in [6.07, 6.45) is 1.77. The molecule has 0 aliphatic rings. The van der Waals surface area contributed by atoms with E-state index >= 15 is 0 Å². The van der Waals surface area contributed by atoms with Crippen molar-refractivity contribution in [1.29, 1.82) is 0 Å². The molecule has 0 spiro atoms. The number of hydrogen-bond donors (Lipinski definition) is 3. The van der Waals surface area contributed by atoms with E-state index in [1.54, 1.807) is 11.3 Å². The number of amides is 2. The fraction of sp³-hybridized carbons (Fsp3) is 0.500. The summed E-state index contributed by atoms with van der Waals surface area (Å²) in [5.41, 5.74) is 0. The lowest BCUT2D eigenvalue weighted by Gasteiger charge is -2.18. The minimum atomic E-state index is -1.05. The van der Waals surface area contributed by atoms with E-state index in [9.17, 15) is 9.59 Å². The van der Waals surface area contributed by atoms with Crippen LogP contribution in [0.1, 0.15) is 37.6 Å². The van der Waals surface area contributed by atoms with Crippen molar-refractivity contribution in [2.75, 3.05) is 0 Å². The van der Waals surface area contributed by atoms with Gasteiger partial charge in [0.1, 0.15) is 6.04 Å². The predicted octanol–water partition coefficient (Wildman–Crippen LogP) is 2.36. The number of aliphatic carboxylic acids is 1. The van der Waals surface area contributed by atoms with E-state index in [1.165, 1.54) is 6.92 Å². The molecule has 1 rings (SSSR count). The number of nitrogens with one attached hydrogen (secondary N) is 2. The van der Waals surface area contributed by atoms with E-state index in [1.807, 2.05) is 24.4 Å². The third-order valence-corrected chi connectivity index (χ3v) is 3.47. The van der Waals surface area contributed by atoms with Crippen molar-refractivity contribution < 1.29 is 14.7 Å². The molecule has 0 bridgehead atoms. The van der Waals surface area contributed by atoms with Crippen LogP contribution in [-0.2, 0) is 4.79 Å². The lowest BCUT2D eigenvalue weighted by Crippen LogP contribution is -2.45. The molecule has 100 valence electrons. The normalized spacial score (nSPS) is 13.7. The Morgan fingerprint density at radius 3 is 2.67 bits per heavy atom. The van der Waals surface area contributed by atoms with Crippen LogP contribution < -0.4 is 10.6 Å². The molecule has 1 heterocycles. The highest BCUT2D eigenvalue weighted by Gasteiger charge is 2.18. The first-order valence-electron chi connectivity index (χ1n) is 5.87. The topological polar surface area (TPSA) is 78.4 Å². The third kappa shape index (κ3) is 4.37. The summed E-state index contributed by atoms with van der Waals surface area (Å²) in [6, 6.07) is 2.50. The quantitative estimate of drug-likeness (QED) is 0.742. The fourth-order valence-electron chi connectivity index (χ4n) is 1.52. The molecule has 2 atom stereocenters. The van der Waals surface area contributed by atoms with Crippen LogP contribution in [-0.4, -0.2) is 23.1 Å². The zero-order valence-electron chi connectivity index (χ0n) is 10.5. The Bertz CT molecular complexity index is 392. The Morgan fingerprint density at radius 2 is 2.17 bits per heavy atom. The second-order valence-electron chi connectivity index (χ2n) is 4.03. The molecule has 1 aromatic heterocycles. The Labute approximate surface area is 110 Å². The first-order chi connectivity index (χ1) is 8.54. The van der Waals surface area contributed by atoms with E-state index in [4.69, 9.17) is 5.11 Å². The summed E-state index contributed by atoms with van der Waals surface area (Å²) in [7, 11) is 0. The zero-order chi connectivity index (χ0) is 13.5. The molecule has 0 saturated carbocycles. The average molecular weight is 270 g/mol. The van der Waals surface area contributed by atoms with Crippen molar-refractivity contribution in [3.8, 4) is 0 Å². The van der Waals surface area contributed by atoms with Gasteiger partial charge in [-0.1, -0.05) is 19.4 Å². The number of thiophene rings is 1. The Balaban J connectivity index is 2.56. The van der Waals surface area contributed by atoms with Gasteiger partial charge in [0, 0.05) is 4.88 Å². The van der Waals surface area contributed by atoms with E-state index < -0.39 is 18.0 Å². The SMILES string of the molecule is CCCC(NC(=O)N[C@H](C)C(=O)O)c1cccs1. The Hall–Kier alpha value is -1.56. The van der Waals surface area contributed by atoms with Gasteiger partial charge in [-0.15, -0.1) is 11.3 Å². The average Bonchev–Trinajstić information content (AvgIpc) is 2.81. The highest BCUT2D eigenvalue weighted by molar-refractivity contribution is 7.10. The summed E-state index contributed by atoms with van der Waals surface area (Å²) in [5, 5.41) is 15.9. The van der Waals surface area contributed by atoms with Crippen molar-refractivity contribution in [2.45, 2.75) is 38.8 Å². The molecule has 0 aliphatic carbocycles. The van der Waals surface area contributed by atoms with Crippen LogP contribution in [0.5, 0.6) is 0 Å². The Morgan fingerprint density at radius 1 is 1.44 bits per heavy atom. The van der Waals surface area contributed by atoms with Crippen molar-refractivity contribution in [1.82, 2.24) is 10.6 Å². The number of carbonyl (C=O) groups excluding carboxylic acids is 1. The predicted molar refractivity (Wildman–Crippen MR) is 70.7 cm³/mol. The van der Waals surface area contributed by atoms with Crippen LogP contribution in [0, 0.1) is 0 Å². The van der Waals surface area contributed by atoms with Gasteiger partial charge in [-0.3, -0.25) is 4.79 Å². The van der Waals surface area contributed by atoms with Gasteiger partial charge >= 0.3 is 12.0 Å². The highest BCUT2D eigenvalue weighted by Crippen LogP contribution is 2.22.